The lowest BCUT2D eigenvalue weighted by Crippen LogP contribution is -2.23. The van der Waals surface area contributed by atoms with Crippen LogP contribution in [-0.2, 0) is 22.0 Å². The number of carbonyl (C=O) groups is 1. The molecular weight excluding hydrogens is 358 g/mol. The fourth-order valence-electron chi connectivity index (χ4n) is 2.73. The van der Waals surface area contributed by atoms with Gasteiger partial charge in [-0.05, 0) is 24.6 Å². The van der Waals surface area contributed by atoms with Gasteiger partial charge in [-0.15, -0.1) is 0 Å². The van der Waals surface area contributed by atoms with Crippen molar-refractivity contribution in [1.82, 2.24) is 4.98 Å². The molecule has 7 heteroatoms. The van der Waals surface area contributed by atoms with Crippen LogP contribution in [0.5, 0.6) is 0 Å². The summed E-state index contributed by atoms with van der Waals surface area (Å²) in [7, 11) is -3.26. The Kier molecular flexibility index (Phi) is 3.29. The van der Waals surface area contributed by atoms with Crippen LogP contribution in [0.1, 0.15) is 27.2 Å². The van der Waals surface area contributed by atoms with Crippen LogP contribution in [0.2, 0.25) is 0 Å². The lowest BCUT2D eigenvalue weighted by molar-refractivity contribution is 0.0698. The molecule has 0 fully saturated rings. The van der Waals surface area contributed by atoms with Gasteiger partial charge in [-0.3, -0.25) is 4.98 Å². The van der Waals surface area contributed by atoms with Gasteiger partial charge in [0.15, 0.2) is 9.84 Å². The van der Waals surface area contributed by atoms with Gasteiger partial charge in [-0.25, -0.2) is 13.2 Å². The van der Waals surface area contributed by atoms with Gasteiger partial charge < -0.3 is 5.11 Å². The Morgan fingerprint density at radius 3 is 2.76 bits per heavy atom. The molecule has 0 atom stereocenters. The Hall–Kier alpha value is -1.47. The first kappa shape index (κ1) is 14.5. The Labute approximate surface area is 130 Å². The summed E-state index contributed by atoms with van der Waals surface area (Å²) in [5.41, 5.74) is 2.45. The average molecular weight is 370 g/mol. The van der Waals surface area contributed by atoms with Crippen LogP contribution in [0, 0.1) is 6.92 Å². The van der Waals surface area contributed by atoms with Gasteiger partial charge in [0.1, 0.15) is 0 Å². The molecule has 0 saturated heterocycles. The smallest absolute Gasteiger partial charge is 0.336 e. The number of aromatic nitrogens is 1. The summed E-state index contributed by atoms with van der Waals surface area (Å²) >= 11 is 3.35. The number of hydrogen-bond donors (Lipinski definition) is 1. The number of nitrogens with zero attached hydrogens (tertiary/aromatic N) is 1. The van der Waals surface area contributed by atoms with Crippen LogP contribution in [0.4, 0.5) is 0 Å². The third-order valence-corrected chi connectivity index (χ3v) is 5.67. The predicted molar refractivity (Wildman–Crippen MR) is 82.3 cm³/mol. The fourth-order valence-corrected chi connectivity index (χ4v) is 4.71. The first-order valence-electron chi connectivity index (χ1n) is 6.34. The molecule has 1 aliphatic heterocycles. The maximum atomic E-state index is 11.8. The third-order valence-electron chi connectivity index (χ3n) is 3.66. The maximum absolute atomic E-state index is 11.8. The second-order valence-electron chi connectivity index (χ2n) is 5.18. The van der Waals surface area contributed by atoms with Crippen LogP contribution < -0.4 is 0 Å². The molecule has 2 aromatic rings. The lowest BCUT2D eigenvalue weighted by atomic mass is 9.98. The highest BCUT2D eigenvalue weighted by molar-refractivity contribution is 9.10. The number of halogens is 1. The number of hydrogen-bond acceptors (Lipinski definition) is 4. The minimum Gasteiger partial charge on any atom is -0.478 e. The molecule has 0 bridgehead atoms. The molecule has 0 spiro atoms. The largest absolute Gasteiger partial charge is 0.478 e. The van der Waals surface area contributed by atoms with Gasteiger partial charge in [0.2, 0.25) is 0 Å². The van der Waals surface area contributed by atoms with Crippen LogP contribution >= 0.6 is 15.9 Å². The average Bonchev–Trinajstić information content (AvgIpc) is 2.35. The molecule has 0 amide bonds. The zero-order chi connectivity index (χ0) is 15.4. The van der Waals surface area contributed by atoms with Crippen molar-refractivity contribution in [2.75, 3.05) is 5.75 Å². The standard InChI is InChI=1S/C14H12BrNO4S/c1-7-4-8(15)5-9-12(14(17)18)10-6-21(19,20)3-2-11(10)16-13(7)9/h4-5H,2-3,6H2,1H3,(H,17,18). The number of aryl methyl sites for hydroxylation is 2. The van der Waals surface area contributed by atoms with Gasteiger partial charge in [0.25, 0.3) is 0 Å². The fraction of sp³-hybridized carbons (Fsp3) is 0.286. The first-order chi connectivity index (χ1) is 9.78. The van der Waals surface area contributed by atoms with Crippen LogP contribution in [0.15, 0.2) is 16.6 Å². The van der Waals surface area contributed by atoms with E-state index in [0.29, 0.717) is 22.2 Å². The summed E-state index contributed by atoms with van der Waals surface area (Å²) < 4.78 is 24.4. The molecular formula is C14H12BrNO4S. The van der Waals surface area contributed by atoms with Crippen molar-refractivity contribution in [3.05, 3.63) is 39.0 Å². The molecule has 0 radical (unpaired) electrons. The van der Waals surface area contributed by atoms with E-state index >= 15 is 0 Å². The zero-order valence-electron chi connectivity index (χ0n) is 11.2. The van der Waals surface area contributed by atoms with Gasteiger partial charge >= 0.3 is 5.97 Å². The Morgan fingerprint density at radius 2 is 2.10 bits per heavy atom. The molecule has 1 aromatic heterocycles. The summed E-state index contributed by atoms with van der Waals surface area (Å²) in [5, 5.41) is 10.0. The second kappa shape index (κ2) is 4.78. The van der Waals surface area contributed by atoms with Gasteiger partial charge in [0, 0.05) is 27.5 Å². The molecule has 21 heavy (non-hydrogen) atoms. The highest BCUT2D eigenvalue weighted by Crippen LogP contribution is 2.32. The van der Waals surface area contributed by atoms with Gasteiger partial charge in [0.05, 0.1) is 22.6 Å². The summed E-state index contributed by atoms with van der Waals surface area (Å²) in [4.78, 5) is 16.2. The highest BCUT2D eigenvalue weighted by atomic mass is 79.9. The summed E-state index contributed by atoms with van der Waals surface area (Å²) in [6.07, 6.45) is 0.267. The van der Waals surface area contributed by atoms with E-state index in [-0.39, 0.29) is 23.5 Å². The molecule has 2 heterocycles. The summed E-state index contributed by atoms with van der Waals surface area (Å²) in [6, 6.07) is 3.55. The molecule has 1 aromatic carbocycles. The quantitative estimate of drug-likeness (QED) is 0.834. The second-order valence-corrected chi connectivity index (χ2v) is 8.28. The van der Waals surface area contributed by atoms with Crippen molar-refractivity contribution in [3.8, 4) is 0 Å². The lowest BCUT2D eigenvalue weighted by Gasteiger charge is -2.20. The maximum Gasteiger partial charge on any atom is 0.336 e. The Morgan fingerprint density at radius 1 is 1.38 bits per heavy atom. The van der Waals surface area contributed by atoms with E-state index < -0.39 is 15.8 Å². The van der Waals surface area contributed by atoms with E-state index in [0.717, 1.165) is 10.0 Å². The molecule has 3 rings (SSSR count). The number of rotatable bonds is 1. The molecule has 0 aliphatic carbocycles. The summed E-state index contributed by atoms with van der Waals surface area (Å²) in [6.45, 7) is 1.86. The Bertz CT molecular complexity index is 890. The van der Waals surface area contributed by atoms with Gasteiger partial charge in [-0.1, -0.05) is 15.9 Å². The molecule has 1 aliphatic rings. The van der Waals surface area contributed by atoms with E-state index in [1.165, 1.54) is 0 Å². The van der Waals surface area contributed by atoms with Crippen molar-refractivity contribution in [2.45, 2.75) is 19.1 Å². The third kappa shape index (κ3) is 2.44. The number of benzene rings is 1. The normalized spacial score (nSPS) is 16.7. The van der Waals surface area contributed by atoms with E-state index in [1.54, 1.807) is 6.07 Å². The zero-order valence-corrected chi connectivity index (χ0v) is 13.6. The van der Waals surface area contributed by atoms with Crippen molar-refractivity contribution < 1.29 is 18.3 Å². The van der Waals surface area contributed by atoms with Crippen molar-refractivity contribution in [3.63, 3.8) is 0 Å². The Balaban J connectivity index is 2.46. The van der Waals surface area contributed by atoms with Crippen molar-refractivity contribution in [1.29, 1.82) is 0 Å². The summed E-state index contributed by atoms with van der Waals surface area (Å²) in [5.74, 6) is -1.35. The predicted octanol–water partition coefficient (Wildman–Crippen LogP) is 2.47. The molecule has 5 nitrogen and oxygen atoms in total. The van der Waals surface area contributed by atoms with E-state index in [4.69, 9.17) is 0 Å². The van der Waals surface area contributed by atoms with E-state index in [2.05, 4.69) is 20.9 Å². The number of carboxylic acids is 1. The van der Waals surface area contributed by atoms with Crippen LogP contribution in [0.3, 0.4) is 0 Å². The molecule has 110 valence electrons. The number of aromatic carboxylic acids is 1. The highest BCUT2D eigenvalue weighted by Gasteiger charge is 2.29. The molecule has 0 unspecified atom stereocenters. The first-order valence-corrected chi connectivity index (χ1v) is 8.95. The minimum atomic E-state index is -3.26. The van der Waals surface area contributed by atoms with Crippen LogP contribution in [-0.4, -0.2) is 30.2 Å². The molecule has 1 N–H and O–H groups in total. The number of fused-ring (bicyclic) bond motifs is 2. The SMILES string of the molecule is Cc1cc(Br)cc2c(C(=O)O)c3c(nc12)CCS(=O)(=O)C3. The topological polar surface area (TPSA) is 84.3 Å². The van der Waals surface area contributed by atoms with Crippen molar-refractivity contribution >= 4 is 42.6 Å². The van der Waals surface area contributed by atoms with Gasteiger partial charge in [-0.2, -0.15) is 0 Å². The molecule has 0 saturated carbocycles. The van der Waals surface area contributed by atoms with Crippen LogP contribution in [0.25, 0.3) is 10.9 Å². The number of carboxylic acid groups (broad SMARTS) is 1. The van der Waals surface area contributed by atoms with E-state index in [1.807, 2.05) is 13.0 Å². The minimum absolute atomic E-state index is 0.0210. The van der Waals surface area contributed by atoms with E-state index in [9.17, 15) is 18.3 Å². The number of pyridine rings is 1. The number of sulfone groups is 1. The monoisotopic (exact) mass is 369 g/mol. The van der Waals surface area contributed by atoms with Crippen molar-refractivity contribution in [2.24, 2.45) is 0 Å².